The second kappa shape index (κ2) is 10.4. The first-order chi connectivity index (χ1) is 16.5. The van der Waals surface area contributed by atoms with Crippen molar-refractivity contribution in [3.8, 4) is 5.75 Å². The van der Waals surface area contributed by atoms with Crippen LogP contribution in [-0.2, 0) is 16.1 Å². The van der Waals surface area contributed by atoms with E-state index >= 15 is 0 Å². The molecule has 4 rings (SSSR count). The largest absolute Gasteiger partial charge is 0.496 e. The van der Waals surface area contributed by atoms with Crippen LogP contribution in [0.25, 0.3) is 6.08 Å². The maximum atomic E-state index is 13.7. The fourth-order valence-corrected chi connectivity index (χ4v) is 4.45. The molecule has 2 amide bonds. The third-order valence-electron chi connectivity index (χ3n) is 6.22. The number of aromatic nitrogens is 1. The van der Waals surface area contributed by atoms with E-state index in [1.165, 1.54) is 0 Å². The smallest absolute Gasteiger partial charge is 0.247 e. The molecule has 34 heavy (non-hydrogen) atoms. The van der Waals surface area contributed by atoms with E-state index < -0.39 is 0 Å². The van der Waals surface area contributed by atoms with Crippen LogP contribution in [0.3, 0.4) is 0 Å². The van der Waals surface area contributed by atoms with Crippen LogP contribution >= 0.6 is 0 Å². The summed E-state index contributed by atoms with van der Waals surface area (Å²) in [7, 11) is 1.64. The number of hydrogen-bond donors (Lipinski definition) is 0. The summed E-state index contributed by atoms with van der Waals surface area (Å²) < 4.78 is 7.80. The Hall–Kier alpha value is -3.80. The Kier molecular flexibility index (Phi) is 7.16. The minimum atomic E-state index is -0.281. The molecular formula is C28H31N3O3. The predicted molar refractivity (Wildman–Crippen MR) is 133 cm³/mol. The molecule has 6 heteroatoms. The molecule has 0 saturated heterocycles. The number of rotatable bonds is 7. The minimum Gasteiger partial charge on any atom is -0.496 e. The summed E-state index contributed by atoms with van der Waals surface area (Å²) in [6.45, 7) is 5.15. The molecule has 0 fully saturated rings. The van der Waals surface area contributed by atoms with Crippen LogP contribution in [0.1, 0.15) is 36.7 Å². The molecule has 1 aliphatic heterocycles. The summed E-state index contributed by atoms with van der Waals surface area (Å²) in [4.78, 5) is 30.2. The Balaban J connectivity index is 1.59. The molecule has 176 valence electrons. The third kappa shape index (κ3) is 4.91. The summed E-state index contributed by atoms with van der Waals surface area (Å²) in [6.07, 6.45) is 5.37. The van der Waals surface area contributed by atoms with Crippen molar-refractivity contribution < 1.29 is 14.3 Å². The highest BCUT2D eigenvalue weighted by Crippen LogP contribution is 2.37. The van der Waals surface area contributed by atoms with Gasteiger partial charge in [0.1, 0.15) is 18.3 Å². The van der Waals surface area contributed by atoms with Gasteiger partial charge in [-0.15, -0.1) is 0 Å². The first-order valence-electron chi connectivity index (χ1n) is 11.6. The predicted octanol–water partition coefficient (Wildman–Crippen LogP) is 4.38. The van der Waals surface area contributed by atoms with Gasteiger partial charge in [0.25, 0.3) is 0 Å². The van der Waals surface area contributed by atoms with Crippen LogP contribution in [-0.4, -0.2) is 52.4 Å². The van der Waals surface area contributed by atoms with Crippen molar-refractivity contribution in [2.45, 2.75) is 32.5 Å². The molecule has 0 radical (unpaired) electrons. The first-order valence-corrected chi connectivity index (χ1v) is 11.6. The summed E-state index contributed by atoms with van der Waals surface area (Å²) >= 11 is 0. The molecule has 0 bridgehead atoms. The topological polar surface area (TPSA) is 54.8 Å². The van der Waals surface area contributed by atoms with Gasteiger partial charge in [0, 0.05) is 42.7 Å². The lowest BCUT2D eigenvalue weighted by Crippen LogP contribution is -2.49. The van der Waals surface area contributed by atoms with E-state index in [0.29, 0.717) is 13.1 Å². The van der Waals surface area contributed by atoms with E-state index in [1.54, 1.807) is 24.2 Å². The summed E-state index contributed by atoms with van der Waals surface area (Å²) in [5.41, 5.74) is 2.92. The van der Waals surface area contributed by atoms with Gasteiger partial charge in [-0.05, 0) is 43.7 Å². The summed E-state index contributed by atoms with van der Waals surface area (Å²) in [5.74, 6) is 0.475. The SMILES string of the molecule is COc1ccccc1[C@H]1c2cccn2CCN1C(=O)CN(C(=O)/C=C/c1ccccc1)C(C)C. The van der Waals surface area contributed by atoms with Crippen molar-refractivity contribution >= 4 is 17.9 Å². The molecule has 0 N–H and O–H groups in total. The van der Waals surface area contributed by atoms with Crippen LogP contribution in [0, 0.1) is 0 Å². The first kappa shape index (κ1) is 23.4. The van der Waals surface area contributed by atoms with Crippen molar-refractivity contribution in [1.82, 2.24) is 14.4 Å². The second-order valence-corrected chi connectivity index (χ2v) is 8.66. The average molecular weight is 458 g/mol. The monoisotopic (exact) mass is 457 g/mol. The molecular weight excluding hydrogens is 426 g/mol. The number of benzene rings is 2. The highest BCUT2D eigenvalue weighted by molar-refractivity contribution is 5.94. The Morgan fingerprint density at radius 3 is 2.50 bits per heavy atom. The van der Waals surface area contributed by atoms with E-state index in [9.17, 15) is 9.59 Å². The molecule has 1 aromatic heterocycles. The number of carbonyl (C=O) groups is 2. The standard InChI is InChI=1S/C28H31N3O3/c1-21(2)31(26(32)16-15-22-10-5-4-6-11-22)20-27(33)30-19-18-29-17-9-13-24(29)28(30)23-12-7-8-14-25(23)34-3/h4-17,21,28H,18-20H2,1-3H3/b16-15+/t28-/m0/s1. The van der Waals surface area contributed by atoms with Gasteiger partial charge in [0.05, 0.1) is 7.11 Å². The second-order valence-electron chi connectivity index (χ2n) is 8.66. The zero-order valence-electron chi connectivity index (χ0n) is 19.9. The highest BCUT2D eigenvalue weighted by atomic mass is 16.5. The van der Waals surface area contributed by atoms with E-state index in [-0.39, 0.29) is 30.4 Å². The zero-order valence-corrected chi connectivity index (χ0v) is 19.9. The lowest BCUT2D eigenvalue weighted by Gasteiger charge is -2.39. The molecule has 0 unspecified atom stereocenters. The molecule has 6 nitrogen and oxygen atoms in total. The quantitative estimate of drug-likeness (QED) is 0.495. The molecule has 3 aromatic rings. The van der Waals surface area contributed by atoms with Gasteiger partial charge in [0.15, 0.2) is 0 Å². The van der Waals surface area contributed by atoms with Gasteiger partial charge in [0.2, 0.25) is 11.8 Å². The van der Waals surface area contributed by atoms with Crippen LogP contribution < -0.4 is 4.74 Å². The van der Waals surface area contributed by atoms with Gasteiger partial charge in [-0.3, -0.25) is 9.59 Å². The minimum absolute atomic E-state index is 0.0159. The van der Waals surface area contributed by atoms with Crippen LogP contribution in [0.5, 0.6) is 5.75 Å². The fourth-order valence-electron chi connectivity index (χ4n) is 4.45. The Labute approximate surface area is 201 Å². The maximum absolute atomic E-state index is 13.7. The zero-order chi connectivity index (χ0) is 24.1. The van der Waals surface area contributed by atoms with E-state index in [1.807, 2.05) is 91.7 Å². The van der Waals surface area contributed by atoms with Gasteiger partial charge in [-0.2, -0.15) is 0 Å². The fraction of sp³-hybridized carbons (Fsp3) is 0.286. The molecule has 0 aliphatic carbocycles. The number of carbonyl (C=O) groups excluding carboxylic acids is 2. The highest BCUT2D eigenvalue weighted by Gasteiger charge is 2.35. The number of para-hydroxylation sites is 1. The Morgan fingerprint density at radius 1 is 1.03 bits per heavy atom. The lowest BCUT2D eigenvalue weighted by molar-refractivity contribution is -0.141. The molecule has 0 spiro atoms. The molecule has 1 atom stereocenters. The number of nitrogens with zero attached hydrogens (tertiary/aromatic N) is 3. The average Bonchev–Trinajstić information content (AvgIpc) is 3.34. The van der Waals surface area contributed by atoms with Crippen molar-refractivity contribution in [3.63, 3.8) is 0 Å². The maximum Gasteiger partial charge on any atom is 0.247 e. The number of methoxy groups -OCH3 is 1. The van der Waals surface area contributed by atoms with Crippen LogP contribution in [0.2, 0.25) is 0 Å². The number of amides is 2. The summed E-state index contributed by atoms with van der Waals surface area (Å²) in [5, 5.41) is 0. The molecule has 2 aromatic carbocycles. The Morgan fingerprint density at radius 2 is 1.76 bits per heavy atom. The van der Waals surface area contributed by atoms with Crippen molar-refractivity contribution in [2.24, 2.45) is 0 Å². The van der Waals surface area contributed by atoms with Crippen molar-refractivity contribution in [1.29, 1.82) is 0 Å². The van der Waals surface area contributed by atoms with Crippen molar-refractivity contribution in [2.75, 3.05) is 20.2 Å². The van der Waals surface area contributed by atoms with E-state index in [4.69, 9.17) is 4.74 Å². The van der Waals surface area contributed by atoms with Crippen LogP contribution in [0.4, 0.5) is 0 Å². The van der Waals surface area contributed by atoms with Gasteiger partial charge >= 0.3 is 0 Å². The Bertz CT molecular complexity index is 1170. The third-order valence-corrected chi connectivity index (χ3v) is 6.22. The van der Waals surface area contributed by atoms with Gasteiger partial charge in [-0.25, -0.2) is 0 Å². The normalized spacial score (nSPS) is 15.4. The van der Waals surface area contributed by atoms with E-state index in [0.717, 1.165) is 22.6 Å². The molecule has 2 heterocycles. The lowest BCUT2D eigenvalue weighted by atomic mass is 9.98. The number of ether oxygens (including phenoxy) is 1. The number of hydrogen-bond acceptors (Lipinski definition) is 3. The number of fused-ring (bicyclic) bond motifs is 1. The molecule has 0 saturated carbocycles. The molecule has 1 aliphatic rings. The van der Waals surface area contributed by atoms with Gasteiger partial charge in [-0.1, -0.05) is 48.5 Å². The van der Waals surface area contributed by atoms with E-state index in [2.05, 4.69) is 4.57 Å². The van der Waals surface area contributed by atoms with Crippen molar-refractivity contribution in [3.05, 3.63) is 95.8 Å². The van der Waals surface area contributed by atoms with Gasteiger partial charge < -0.3 is 19.1 Å². The summed E-state index contributed by atoms with van der Waals surface area (Å²) in [6, 6.07) is 21.1. The van der Waals surface area contributed by atoms with Crippen LogP contribution in [0.15, 0.2) is 79.0 Å².